The lowest BCUT2D eigenvalue weighted by Gasteiger charge is -2.32. The van der Waals surface area contributed by atoms with Crippen molar-refractivity contribution in [2.75, 3.05) is 32.8 Å². The minimum absolute atomic E-state index is 0. The number of aromatic nitrogens is 1. The summed E-state index contributed by atoms with van der Waals surface area (Å²) in [4.78, 5) is 22.2. The van der Waals surface area contributed by atoms with E-state index in [9.17, 15) is 9.90 Å². The monoisotopic (exact) mass is 557 g/mol. The van der Waals surface area contributed by atoms with Crippen LogP contribution in [-0.2, 0) is 11.2 Å². The van der Waals surface area contributed by atoms with Crippen LogP contribution in [-0.4, -0.2) is 65.9 Å². The summed E-state index contributed by atoms with van der Waals surface area (Å²) in [6, 6.07) is 7.54. The fraction of sp³-hybridized carbons (Fsp3) is 0.500. The molecule has 0 aromatic carbocycles. The summed E-state index contributed by atoms with van der Waals surface area (Å²) in [5.74, 6) is 1.53. The molecule has 0 bridgehead atoms. The van der Waals surface area contributed by atoms with E-state index >= 15 is 0 Å². The topological polar surface area (TPSA) is 112 Å². The van der Waals surface area contributed by atoms with Gasteiger partial charge in [0.05, 0.1) is 25.5 Å². The number of nitrogens with zero attached hydrogens (tertiary/aromatic N) is 3. The lowest BCUT2D eigenvalue weighted by molar-refractivity contribution is 0.0963. The van der Waals surface area contributed by atoms with E-state index in [1.807, 2.05) is 19.1 Å². The standard InChI is InChI=1S/C22H31N5O4.HI/c1-2-30-22(29)27-13-8-18(9-14-27)26-21(24-12-7-19-4-3-15-31-19)25-16-20(28)17-5-10-23-11-6-17;/h3-6,10-11,15,18,20,28H,2,7-9,12-14,16H2,1H3,(H2,24,25,26);1H. The Hall–Kier alpha value is -2.34. The lowest BCUT2D eigenvalue weighted by Crippen LogP contribution is -2.50. The second-order valence-corrected chi connectivity index (χ2v) is 7.35. The van der Waals surface area contributed by atoms with Crippen LogP contribution in [0.1, 0.15) is 37.2 Å². The Morgan fingerprint density at radius 2 is 2.09 bits per heavy atom. The number of pyridine rings is 1. The molecule has 1 aliphatic rings. The maximum atomic E-state index is 11.9. The van der Waals surface area contributed by atoms with Crippen molar-refractivity contribution in [1.29, 1.82) is 0 Å². The number of guanidine groups is 1. The van der Waals surface area contributed by atoms with Crippen molar-refractivity contribution in [3.05, 3.63) is 54.2 Å². The number of carbonyl (C=O) groups is 1. The van der Waals surface area contributed by atoms with Gasteiger partial charge in [-0.15, -0.1) is 24.0 Å². The molecule has 176 valence electrons. The van der Waals surface area contributed by atoms with Gasteiger partial charge < -0.3 is 29.8 Å². The number of carbonyl (C=O) groups excluding carboxylic acids is 1. The van der Waals surface area contributed by atoms with Crippen molar-refractivity contribution in [2.24, 2.45) is 4.99 Å². The molecule has 1 saturated heterocycles. The molecule has 3 rings (SSSR count). The fourth-order valence-electron chi connectivity index (χ4n) is 3.39. The molecule has 2 aromatic rings. The highest BCUT2D eigenvalue weighted by Crippen LogP contribution is 2.13. The van der Waals surface area contributed by atoms with Crippen LogP contribution in [0.15, 0.2) is 52.3 Å². The fourth-order valence-corrected chi connectivity index (χ4v) is 3.39. The van der Waals surface area contributed by atoms with E-state index < -0.39 is 6.10 Å². The molecule has 2 aromatic heterocycles. The molecule has 1 atom stereocenters. The van der Waals surface area contributed by atoms with Crippen LogP contribution >= 0.6 is 24.0 Å². The van der Waals surface area contributed by atoms with E-state index in [-0.39, 0.29) is 42.7 Å². The second-order valence-electron chi connectivity index (χ2n) is 7.35. The normalized spacial score (nSPS) is 15.6. The van der Waals surface area contributed by atoms with Gasteiger partial charge in [-0.3, -0.25) is 9.98 Å². The summed E-state index contributed by atoms with van der Waals surface area (Å²) in [5, 5.41) is 17.2. The Kier molecular flexibility index (Phi) is 11.3. The maximum absolute atomic E-state index is 11.9. The van der Waals surface area contributed by atoms with Gasteiger partial charge in [0.25, 0.3) is 0 Å². The Labute approximate surface area is 205 Å². The highest BCUT2D eigenvalue weighted by molar-refractivity contribution is 14.0. The molecule has 10 heteroatoms. The van der Waals surface area contributed by atoms with E-state index in [0.29, 0.717) is 32.2 Å². The molecule has 0 radical (unpaired) electrons. The Morgan fingerprint density at radius 1 is 1.34 bits per heavy atom. The number of aliphatic hydroxyl groups is 1. The van der Waals surface area contributed by atoms with Crippen molar-refractivity contribution < 1.29 is 19.1 Å². The first-order valence-electron chi connectivity index (χ1n) is 10.7. The second kappa shape index (κ2) is 13.9. The highest BCUT2D eigenvalue weighted by Gasteiger charge is 2.24. The SMILES string of the molecule is CCOC(=O)N1CCC(NC(=NCC(O)c2ccncc2)NCCc2ccco2)CC1.I. The zero-order valence-electron chi connectivity index (χ0n) is 18.3. The zero-order chi connectivity index (χ0) is 21.9. The average molecular weight is 557 g/mol. The summed E-state index contributed by atoms with van der Waals surface area (Å²) in [7, 11) is 0. The largest absolute Gasteiger partial charge is 0.469 e. The molecular weight excluding hydrogens is 525 g/mol. The molecular formula is C22H32IN5O4. The first kappa shape index (κ1) is 25.9. The molecule has 9 nitrogen and oxygen atoms in total. The van der Waals surface area contributed by atoms with Gasteiger partial charge >= 0.3 is 6.09 Å². The number of furan rings is 1. The number of likely N-dealkylation sites (tertiary alicyclic amines) is 1. The molecule has 0 spiro atoms. The number of piperidine rings is 1. The van der Waals surface area contributed by atoms with Gasteiger partial charge in [0.2, 0.25) is 0 Å². The maximum Gasteiger partial charge on any atom is 0.409 e. The van der Waals surface area contributed by atoms with Gasteiger partial charge in [-0.25, -0.2) is 4.79 Å². The van der Waals surface area contributed by atoms with E-state index in [2.05, 4.69) is 20.6 Å². The quantitative estimate of drug-likeness (QED) is 0.260. The van der Waals surface area contributed by atoms with Crippen LogP contribution in [0.3, 0.4) is 0 Å². The highest BCUT2D eigenvalue weighted by atomic mass is 127. The van der Waals surface area contributed by atoms with Crippen LogP contribution in [0, 0.1) is 0 Å². The molecule has 0 saturated carbocycles. The van der Waals surface area contributed by atoms with Crippen LogP contribution in [0.2, 0.25) is 0 Å². The van der Waals surface area contributed by atoms with Gasteiger partial charge in [0.1, 0.15) is 5.76 Å². The average Bonchev–Trinajstić information content (AvgIpc) is 3.32. The minimum Gasteiger partial charge on any atom is -0.469 e. The van der Waals surface area contributed by atoms with Crippen LogP contribution in [0.5, 0.6) is 0 Å². The number of amides is 1. The van der Waals surface area contributed by atoms with Gasteiger partial charge in [-0.05, 0) is 49.6 Å². The molecule has 32 heavy (non-hydrogen) atoms. The first-order chi connectivity index (χ1) is 15.2. The number of aliphatic imine (C=N–C) groups is 1. The van der Waals surface area contributed by atoms with E-state index in [1.165, 1.54) is 0 Å². The lowest BCUT2D eigenvalue weighted by atomic mass is 10.1. The minimum atomic E-state index is -0.711. The summed E-state index contributed by atoms with van der Waals surface area (Å²) in [6.07, 6.45) is 6.31. The number of hydrogen-bond donors (Lipinski definition) is 3. The van der Waals surface area contributed by atoms with Crippen molar-refractivity contribution in [1.82, 2.24) is 20.5 Å². The third-order valence-corrected chi connectivity index (χ3v) is 5.12. The molecule has 3 N–H and O–H groups in total. The summed E-state index contributed by atoms with van der Waals surface area (Å²) in [5.41, 5.74) is 0.774. The van der Waals surface area contributed by atoms with Crippen molar-refractivity contribution >= 4 is 36.0 Å². The molecule has 1 aliphatic heterocycles. The number of halogens is 1. The Morgan fingerprint density at radius 3 is 2.75 bits per heavy atom. The van der Waals surface area contributed by atoms with Crippen molar-refractivity contribution in [2.45, 2.75) is 38.3 Å². The Bertz CT molecular complexity index is 811. The van der Waals surface area contributed by atoms with Crippen molar-refractivity contribution in [3.8, 4) is 0 Å². The molecule has 3 heterocycles. The van der Waals surface area contributed by atoms with Crippen LogP contribution in [0.25, 0.3) is 0 Å². The number of hydrogen-bond acceptors (Lipinski definition) is 6. The Balaban J connectivity index is 0.00000363. The first-order valence-corrected chi connectivity index (χ1v) is 10.7. The number of aliphatic hydroxyl groups excluding tert-OH is 1. The van der Waals surface area contributed by atoms with Crippen LogP contribution < -0.4 is 10.6 Å². The zero-order valence-corrected chi connectivity index (χ0v) is 20.6. The van der Waals surface area contributed by atoms with E-state index in [0.717, 1.165) is 30.6 Å². The third-order valence-electron chi connectivity index (χ3n) is 5.12. The molecule has 0 aliphatic carbocycles. The number of ether oxygens (including phenoxy) is 1. The molecule has 1 amide bonds. The number of nitrogens with one attached hydrogen (secondary N) is 2. The van der Waals surface area contributed by atoms with Crippen LogP contribution in [0.4, 0.5) is 4.79 Å². The summed E-state index contributed by atoms with van der Waals surface area (Å²) >= 11 is 0. The predicted molar refractivity (Wildman–Crippen MR) is 132 cm³/mol. The summed E-state index contributed by atoms with van der Waals surface area (Å²) < 4.78 is 10.5. The molecule has 1 unspecified atom stereocenters. The van der Waals surface area contributed by atoms with Gasteiger partial charge in [0, 0.05) is 44.5 Å². The number of rotatable bonds is 8. The van der Waals surface area contributed by atoms with Gasteiger partial charge in [0.15, 0.2) is 5.96 Å². The predicted octanol–water partition coefficient (Wildman–Crippen LogP) is 2.72. The molecule has 1 fully saturated rings. The van der Waals surface area contributed by atoms with Crippen molar-refractivity contribution in [3.63, 3.8) is 0 Å². The third kappa shape index (κ3) is 8.30. The van der Waals surface area contributed by atoms with Gasteiger partial charge in [-0.1, -0.05) is 0 Å². The summed E-state index contributed by atoms with van der Waals surface area (Å²) in [6.45, 7) is 4.33. The van der Waals surface area contributed by atoms with Gasteiger partial charge in [-0.2, -0.15) is 0 Å². The smallest absolute Gasteiger partial charge is 0.409 e. The van der Waals surface area contributed by atoms with E-state index in [4.69, 9.17) is 9.15 Å². The van der Waals surface area contributed by atoms with E-state index in [1.54, 1.807) is 35.7 Å².